The van der Waals surface area contributed by atoms with Gasteiger partial charge in [-0.1, -0.05) is 0 Å². The Kier molecular flexibility index (Phi) is 4.49. The molecule has 3 N–H and O–H groups in total. The highest BCUT2D eigenvalue weighted by atomic mass is 16.1. The molecule has 6 heteroatoms. The fourth-order valence-corrected chi connectivity index (χ4v) is 1.68. The van der Waals surface area contributed by atoms with E-state index in [1.807, 2.05) is 10.8 Å². The lowest BCUT2D eigenvalue weighted by Gasteiger charge is -2.05. The van der Waals surface area contributed by atoms with E-state index in [0.717, 1.165) is 18.7 Å². The maximum Gasteiger partial charge on any atom is 0.226 e. The van der Waals surface area contributed by atoms with Gasteiger partial charge in [0.15, 0.2) is 0 Å². The summed E-state index contributed by atoms with van der Waals surface area (Å²) < 4.78 is 1.98. The number of rotatable bonds is 6. The average molecular weight is 259 g/mol. The number of anilines is 1. The Balaban J connectivity index is 1.65. The van der Waals surface area contributed by atoms with Crippen LogP contribution in [0.2, 0.25) is 0 Å². The highest BCUT2D eigenvalue weighted by molar-refractivity contribution is 5.78. The zero-order chi connectivity index (χ0) is 13.5. The maximum absolute atomic E-state index is 11.7. The second kappa shape index (κ2) is 6.53. The average Bonchev–Trinajstić information content (AvgIpc) is 2.91. The van der Waals surface area contributed by atoms with Crippen LogP contribution in [-0.2, 0) is 17.8 Å². The molecule has 2 heterocycles. The van der Waals surface area contributed by atoms with E-state index in [-0.39, 0.29) is 12.3 Å². The van der Waals surface area contributed by atoms with Crippen molar-refractivity contribution >= 4 is 11.6 Å². The van der Waals surface area contributed by atoms with E-state index in [1.165, 1.54) is 0 Å². The number of hydrogen-bond donors (Lipinski definition) is 2. The van der Waals surface area contributed by atoms with Crippen LogP contribution in [0.3, 0.4) is 0 Å². The number of aromatic nitrogens is 3. The van der Waals surface area contributed by atoms with Gasteiger partial charge in [0.25, 0.3) is 0 Å². The molecule has 0 fully saturated rings. The minimum absolute atomic E-state index is 0.0251. The molecule has 0 saturated heterocycles. The Morgan fingerprint density at radius 2 is 2.32 bits per heavy atom. The molecule has 0 radical (unpaired) electrons. The summed E-state index contributed by atoms with van der Waals surface area (Å²) in [6.45, 7) is 1.49. The third-order valence-corrected chi connectivity index (χ3v) is 2.66. The van der Waals surface area contributed by atoms with Gasteiger partial charge in [0.1, 0.15) is 0 Å². The Hall–Kier alpha value is -2.37. The van der Waals surface area contributed by atoms with Crippen LogP contribution >= 0.6 is 0 Å². The molecule has 0 saturated carbocycles. The number of carbonyl (C=O) groups excluding carboxylic acids is 1. The standard InChI is InChI=1S/C13H17N5O/c14-11-2-3-12(17-9-11)8-13(19)16-4-1-6-18-7-5-15-10-18/h2-3,5,7,9-10H,1,4,6,8,14H2,(H,16,19). The lowest BCUT2D eigenvalue weighted by Crippen LogP contribution is -2.27. The van der Waals surface area contributed by atoms with Crippen LogP contribution in [0.15, 0.2) is 37.1 Å². The number of nitrogen functional groups attached to an aromatic ring is 1. The molecule has 0 aliphatic heterocycles. The molecular weight excluding hydrogens is 242 g/mol. The fourth-order valence-electron chi connectivity index (χ4n) is 1.68. The zero-order valence-electron chi connectivity index (χ0n) is 10.6. The summed E-state index contributed by atoms with van der Waals surface area (Å²) in [6, 6.07) is 3.51. The van der Waals surface area contributed by atoms with Gasteiger partial charge in [0, 0.05) is 31.2 Å². The van der Waals surface area contributed by atoms with Crippen molar-refractivity contribution in [2.45, 2.75) is 19.4 Å². The third-order valence-electron chi connectivity index (χ3n) is 2.66. The zero-order valence-corrected chi connectivity index (χ0v) is 10.6. The van der Waals surface area contributed by atoms with Gasteiger partial charge in [-0.3, -0.25) is 9.78 Å². The number of pyridine rings is 1. The lowest BCUT2D eigenvalue weighted by molar-refractivity contribution is -0.120. The van der Waals surface area contributed by atoms with E-state index in [4.69, 9.17) is 5.73 Å². The van der Waals surface area contributed by atoms with Crippen LogP contribution in [0.25, 0.3) is 0 Å². The normalized spacial score (nSPS) is 10.3. The number of hydrogen-bond acceptors (Lipinski definition) is 4. The van der Waals surface area contributed by atoms with Crippen LogP contribution in [-0.4, -0.2) is 27.0 Å². The summed E-state index contributed by atoms with van der Waals surface area (Å²) in [4.78, 5) is 19.7. The highest BCUT2D eigenvalue weighted by Gasteiger charge is 2.03. The van der Waals surface area contributed by atoms with Gasteiger partial charge in [-0.25, -0.2) is 4.98 Å². The molecule has 19 heavy (non-hydrogen) atoms. The van der Waals surface area contributed by atoms with Crippen molar-refractivity contribution in [1.82, 2.24) is 19.9 Å². The van der Waals surface area contributed by atoms with Gasteiger partial charge in [-0.15, -0.1) is 0 Å². The molecule has 0 unspecified atom stereocenters. The molecule has 0 aliphatic rings. The molecule has 0 bridgehead atoms. The first kappa shape index (κ1) is 13.1. The quantitative estimate of drug-likeness (QED) is 0.744. The molecule has 100 valence electrons. The SMILES string of the molecule is Nc1ccc(CC(=O)NCCCn2ccnc2)nc1. The third kappa shape index (κ3) is 4.42. The minimum atomic E-state index is -0.0251. The number of imidazole rings is 1. The molecule has 2 rings (SSSR count). The van der Waals surface area contributed by atoms with Crippen LogP contribution < -0.4 is 11.1 Å². The summed E-state index contributed by atoms with van der Waals surface area (Å²) in [5.41, 5.74) is 6.86. The highest BCUT2D eigenvalue weighted by Crippen LogP contribution is 2.01. The Labute approximate surface area is 111 Å². The number of nitrogens with one attached hydrogen (secondary N) is 1. The molecule has 0 aliphatic carbocycles. The van der Waals surface area contributed by atoms with Gasteiger partial charge in [-0.2, -0.15) is 0 Å². The van der Waals surface area contributed by atoms with Gasteiger partial charge < -0.3 is 15.6 Å². The van der Waals surface area contributed by atoms with Crippen molar-refractivity contribution in [3.63, 3.8) is 0 Å². The first-order chi connectivity index (χ1) is 9.24. The molecular formula is C13H17N5O. The van der Waals surface area contributed by atoms with Crippen molar-refractivity contribution in [3.8, 4) is 0 Å². The summed E-state index contributed by atoms with van der Waals surface area (Å²) >= 11 is 0. The minimum Gasteiger partial charge on any atom is -0.397 e. The first-order valence-corrected chi connectivity index (χ1v) is 6.17. The number of nitrogens with zero attached hydrogens (tertiary/aromatic N) is 3. The second-order valence-corrected chi connectivity index (χ2v) is 4.26. The number of amides is 1. The van der Waals surface area contributed by atoms with E-state index in [1.54, 1.807) is 30.9 Å². The van der Waals surface area contributed by atoms with E-state index in [2.05, 4.69) is 15.3 Å². The van der Waals surface area contributed by atoms with Crippen LogP contribution in [0, 0.1) is 0 Å². The topological polar surface area (TPSA) is 85.8 Å². The van der Waals surface area contributed by atoms with Crippen LogP contribution in [0.5, 0.6) is 0 Å². The van der Waals surface area contributed by atoms with Crippen molar-refractivity contribution in [1.29, 1.82) is 0 Å². The van der Waals surface area contributed by atoms with Crippen LogP contribution in [0.1, 0.15) is 12.1 Å². The van der Waals surface area contributed by atoms with Crippen molar-refractivity contribution in [2.75, 3.05) is 12.3 Å². The molecule has 2 aromatic heterocycles. The molecule has 0 spiro atoms. The Bertz CT molecular complexity index is 506. The Morgan fingerprint density at radius 1 is 1.42 bits per heavy atom. The van der Waals surface area contributed by atoms with Gasteiger partial charge in [-0.05, 0) is 18.6 Å². The molecule has 2 aromatic rings. The first-order valence-electron chi connectivity index (χ1n) is 6.17. The lowest BCUT2D eigenvalue weighted by atomic mass is 10.2. The van der Waals surface area contributed by atoms with Crippen molar-refractivity contribution < 1.29 is 4.79 Å². The predicted octanol–water partition coefficient (Wildman–Crippen LogP) is 0.609. The smallest absolute Gasteiger partial charge is 0.226 e. The Morgan fingerprint density at radius 3 is 3.00 bits per heavy atom. The van der Waals surface area contributed by atoms with Crippen molar-refractivity contribution in [3.05, 3.63) is 42.7 Å². The van der Waals surface area contributed by atoms with E-state index in [0.29, 0.717) is 12.2 Å². The molecule has 0 aromatic carbocycles. The molecule has 0 atom stereocenters. The summed E-state index contributed by atoms with van der Waals surface area (Å²) in [6.07, 6.45) is 8.12. The van der Waals surface area contributed by atoms with Crippen LogP contribution in [0.4, 0.5) is 5.69 Å². The van der Waals surface area contributed by atoms with Crippen molar-refractivity contribution in [2.24, 2.45) is 0 Å². The fraction of sp³-hybridized carbons (Fsp3) is 0.308. The summed E-state index contributed by atoms with van der Waals surface area (Å²) in [5.74, 6) is -0.0251. The monoisotopic (exact) mass is 259 g/mol. The molecule has 6 nitrogen and oxygen atoms in total. The van der Waals surface area contributed by atoms with E-state index in [9.17, 15) is 4.79 Å². The molecule has 1 amide bonds. The largest absolute Gasteiger partial charge is 0.397 e. The number of aryl methyl sites for hydroxylation is 1. The van der Waals surface area contributed by atoms with E-state index < -0.39 is 0 Å². The summed E-state index contributed by atoms with van der Waals surface area (Å²) in [5, 5.41) is 2.86. The second-order valence-electron chi connectivity index (χ2n) is 4.26. The number of nitrogens with two attached hydrogens (primary N) is 1. The predicted molar refractivity (Wildman–Crippen MR) is 72.2 cm³/mol. The van der Waals surface area contributed by atoms with Gasteiger partial charge >= 0.3 is 0 Å². The number of carbonyl (C=O) groups is 1. The van der Waals surface area contributed by atoms with Gasteiger partial charge in [0.05, 0.1) is 24.6 Å². The van der Waals surface area contributed by atoms with Gasteiger partial charge in [0.2, 0.25) is 5.91 Å². The van der Waals surface area contributed by atoms with E-state index >= 15 is 0 Å². The maximum atomic E-state index is 11.7. The summed E-state index contributed by atoms with van der Waals surface area (Å²) in [7, 11) is 0.